The summed E-state index contributed by atoms with van der Waals surface area (Å²) in [6, 6.07) is 110. The van der Waals surface area contributed by atoms with Gasteiger partial charge in [0.25, 0.3) is 0 Å². The molecule has 0 aliphatic heterocycles. The summed E-state index contributed by atoms with van der Waals surface area (Å²) in [5.41, 5.74) is 11.0. The number of hydrogen-bond donors (Lipinski definition) is 0. The summed E-state index contributed by atoms with van der Waals surface area (Å²) in [5, 5.41) is 50.1. The van der Waals surface area contributed by atoms with Crippen molar-refractivity contribution in [2.75, 3.05) is 0 Å². The van der Waals surface area contributed by atoms with Crippen molar-refractivity contribution in [2.45, 2.75) is 0 Å². The van der Waals surface area contributed by atoms with Gasteiger partial charge in [0.1, 0.15) is 11.2 Å². The van der Waals surface area contributed by atoms with Crippen LogP contribution in [0.4, 0.5) is 0 Å². The van der Waals surface area contributed by atoms with E-state index in [4.69, 9.17) is 4.42 Å². The molecule has 0 aliphatic rings. The van der Waals surface area contributed by atoms with E-state index in [0.29, 0.717) is 0 Å². The molecule has 0 saturated carbocycles. The van der Waals surface area contributed by atoms with Gasteiger partial charge in [-0.15, -0.1) is 34.0 Å². The first-order valence-corrected chi connectivity index (χ1v) is 37.2. The molecule has 16 aromatic carbocycles. The average molecular weight is 1390 g/mol. The van der Waals surface area contributed by atoms with Crippen LogP contribution >= 0.6 is 34.0 Å². The zero-order valence-electron chi connectivity index (χ0n) is 56.2. The molecule has 11 heteroatoms. The second-order valence-electron chi connectivity index (χ2n) is 26.5. The summed E-state index contributed by atoms with van der Waals surface area (Å²) in [7, 11) is 0. The Morgan fingerprint density at radius 3 is 1.21 bits per heavy atom. The van der Waals surface area contributed by atoms with E-state index in [9.17, 15) is 10.2 Å². The molecule has 0 fully saturated rings. The van der Waals surface area contributed by atoms with Crippen molar-refractivity contribution in [3.8, 4) is 22.9 Å². The van der Waals surface area contributed by atoms with Gasteiger partial charge in [0.05, 0.1) is 22.1 Å². The van der Waals surface area contributed by atoms with Gasteiger partial charge < -0.3 is 23.8 Å². The van der Waals surface area contributed by atoms with E-state index in [1.54, 1.807) is 24.3 Å². The topological polar surface area (TPSA) is 97.4 Å². The molecule has 0 aliphatic carbocycles. The molecule has 24 rings (SSSR count). The Morgan fingerprint density at radius 2 is 0.667 bits per heavy atom. The minimum Gasteiger partial charge on any atom is -0.872 e. The predicted molar refractivity (Wildman–Crippen MR) is 443 cm³/mol. The first-order valence-electron chi connectivity index (χ1n) is 34.8. The Morgan fingerprint density at radius 1 is 0.267 bits per heavy atom. The number of H-pyrrole nitrogens is 2. The van der Waals surface area contributed by atoms with Crippen LogP contribution in [0, 0.1) is 0 Å². The first-order chi connectivity index (χ1) is 51.5. The normalized spacial score (nSPS) is 11.8. The van der Waals surface area contributed by atoms with E-state index in [1.807, 2.05) is 119 Å². The van der Waals surface area contributed by atoms with Gasteiger partial charge in [-0.25, -0.2) is 9.97 Å². The summed E-state index contributed by atoms with van der Waals surface area (Å²) in [6.07, 6.45) is 3.68. The van der Waals surface area contributed by atoms with E-state index in [0.717, 1.165) is 71.0 Å². The summed E-state index contributed by atoms with van der Waals surface area (Å²) < 4.78 is 19.3. The fourth-order valence-electron chi connectivity index (χ4n) is 16.4. The van der Waals surface area contributed by atoms with E-state index >= 15 is 0 Å². The van der Waals surface area contributed by atoms with Crippen LogP contribution < -0.4 is 20.2 Å². The Bertz CT molecular complexity index is 7570. The number of nitrogens with zero attached hydrogens (tertiary/aromatic N) is 2. The molecule has 105 heavy (non-hydrogen) atoms. The molecule has 0 radical (unpaired) electrons. The number of para-hydroxylation sites is 3. The molecule has 488 valence electrons. The molecule has 8 heterocycles. The molecule has 0 amide bonds. The van der Waals surface area contributed by atoms with Crippen molar-refractivity contribution in [3.05, 3.63) is 328 Å². The molecular weight excluding hydrogens is 1340 g/mol. The van der Waals surface area contributed by atoms with Gasteiger partial charge in [0, 0.05) is 165 Å². The molecule has 0 saturated heterocycles. The van der Waals surface area contributed by atoms with Gasteiger partial charge in [0.2, 0.25) is 11.0 Å². The molecule has 8 aromatic heterocycles. The Labute approximate surface area is 615 Å². The average Bonchev–Trinajstić information content (AvgIpc) is 1.54. The van der Waals surface area contributed by atoms with Crippen LogP contribution in [0.5, 0.6) is 11.5 Å². The second kappa shape index (κ2) is 24.7. The number of fused-ring (bicyclic) bond motifs is 32. The second-order valence-corrected chi connectivity index (χ2v) is 29.7. The fraction of sp³-hybridized carbons (Fsp3) is 0. The van der Waals surface area contributed by atoms with Crippen LogP contribution in [-0.4, -0.2) is 19.3 Å². The van der Waals surface area contributed by atoms with Gasteiger partial charge in [-0.05, 0) is 102 Å². The van der Waals surface area contributed by atoms with Crippen molar-refractivity contribution >= 4 is 235 Å². The van der Waals surface area contributed by atoms with Crippen LogP contribution in [0.2, 0.25) is 0 Å². The number of rotatable bonds is 2. The molecule has 0 unspecified atom stereocenters. The Balaban J connectivity index is 0.000000100. The van der Waals surface area contributed by atoms with Crippen LogP contribution in [0.1, 0.15) is 0 Å². The number of nitrogens with one attached hydrogen (secondary N) is 2. The number of furan rings is 1. The van der Waals surface area contributed by atoms with E-state index < -0.39 is 0 Å². The maximum absolute atomic E-state index is 11.8. The van der Waals surface area contributed by atoms with E-state index in [-0.39, 0.29) is 21.6 Å². The number of benzene rings is 16. The van der Waals surface area contributed by atoms with Crippen molar-refractivity contribution < 1.29 is 24.6 Å². The summed E-state index contributed by atoms with van der Waals surface area (Å²) in [5.74, 6) is 0.140. The van der Waals surface area contributed by atoms with E-state index in [1.165, 1.54) is 131 Å². The quantitative estimate of drug-likeness (QED) is 0.127. The molecule has 0 atom stereocenters. The van der Waals surface area contributed by atoms with Crippen molar-refractivity contribution in [1.82, 2.24) is 9.13 Å². The smallest absolute Gasteiger partial charge is 0.872 e. The van der Waals surface area contributed by atoms with Crippen molar-refractivity contribution in [3.63, 3.8) is 0 Å². The van der Waals surface area contributed by atoms with Gasteiger partial charge in [-0.2, -0.15) is 0 Å². The number of hydrogen-bond acceptors (Lipinski definition) is 6. The molecular formula is C94H56BeN4O3S3+2. The maximum atomic E-state index is 11.8. The predicted octanol–water partition coefficient (Wildman–Crippen LogP) is 24.3. The monoisotopic (exact) mass is 1390 g/mol. The minimum absolute atomic E-state index is 0. The number of aromatic amines is 2. The number of thiophene rings is 3. The third-order valence-electron chi connectivity index (χ3n) is 20.8. The third-order valence-corrected chi connectivity index (χ3v) is 24.4. The summed E-state index contributed by atoms with van der Waals surface area (Å²) in [4.78, 5) is 6.27. The van der Waals surface area contributed by atoms with Crippen molar-refractivity contribution in [2.24, 2.45) is 0 Å². The van der Waals surface area contributed by atoms with Crippen molar-refractivity contribution in [1.29, 1.82) is 0 Å². The molecule has 2 N–H and O–H groups in total. The Kier molecular flexibility index (Phi) is 14.6. The summed E-state index contributed by atoms with van der Waals surface area (Å²) >= 11 is 5.69. The van der Waals surface area contributed by atoms with Gasteiger partial charge in [0.15, 0.2) is 12.4 Å². The molecule has 0 bridgehead atoms. The van der Waals surface area contributed by atoms with Crippen LogP contribution in [0.25, 0.3) is 202 Å². The number of pyridine rings is 2. The zero-order chi connectivity index (χ0) is 68.7. The van der Waals surface area contributed by atoms with Crippen LogP contribution in [0.3, 0.4) is 0 Å². The fourth-order valence-corrected chi connectivity index (χ4v) is 19.9. The molecule has 7 nitrogen and oxygen atoms in total. The largest absolute Gasteiger partial charge is 2.00 e. The van der Waals surface area contributed by atoms with Crippen LogP contribution in [-0.2, 0) is 0 Å². The Hall–Kier alpha value is -12.8. The molecule has 0 spiro atoms. The van der Waals surface area contributed by atoms with E-state index in [2.05, 4.69) is 237 Å². The van der Waals surface area contributed by atoms with Crippen LogP contribution in [0.15, 0.2) is 332 Å². The zero-order valence-corrected chi connectivity index (χ0v) is 58.7. The summed E-state index contributed by atoms with van der Waals surface area (Å²) in [6.45, 7) is 0. The molecule has 24 aromatic rings. The van der Waals surface area contributed by atoms with Gasteiger partial charge in [-0.1, -0.05) is 218 Å². The minimum atomic E-state index is 0. The SMILES string of the molecule is [Be+2].[O-]c1cccc2ccc3ccc[nH+]c3c12.[O-]c1cccc2ccc3ccc[nH+]c3c12.c1ccc2c(c1)oc1cc(-n3c4ccccc4c4c5c6ccccc6sc5c5ccccc5c43)ccc12.c1ccc2c(c1)sc1ccc(-n3c4ccccc4c4c5c6ccccc6sc5c5ccccc5c43)cc12. The first kappa shape index (κ1) is 62.0. The third kappa shape index (κ3) is 9.72. The van der Waals surface area contributed by atoms with Gasteiger partial charge >= 0.3 is 10.1 Å². The number of aromatic nitrogens is 4. The maximum Gasteiger partial charge on any atom is 2.00 e. The van der Waals surface area contributed by atoms with Gasteiger partial charge in [-0.3, -0.25) is 0 Å². The standard InChI is InChI=1S/C34H19NOS.C34H19NS2.2C13H9NO.Be/c1-2-11-24-23(10-1)33-31(32-26-13-5-8-16-30(26)37-34(24)32)25-12-3-6-14-27(25)35(33)20-17-18-22-21-9-4-7-15-28(21)36-29(22)19-20;1-2-11-23-22(10-1)33-31(32-25-13-5-8-16-29(25)37-34(23)32)24-12-3-6-14-27(24)35(33)20-17-18-30-26(19-20)21-9-4-7-15-28(21)36-30;2*15-11-5-1-3-9-6-7-10-4-2-8-14-13(10)12(9)11;/h2*1-19H;2*1-8,15H;/q;;;;+2.